The maximum Gasteiger partial charge on any atom is 0.414 e. The largest absolute Gasteiger partial charge is 0.445 e. The number of hydrogen-bond donors (Lipinski definition) is 0. The molecule has 2 aromatic rings. The van der Waals surface area contributed by atoms with Crippen LogP contribution in [0.3, 0.4) is 0 Å². The Hall–Kier alpha value is -2.88. The van der Waals surface area contributed by atoms with Gasteiger partial charge in [0.2, 0.25) is 0 Å². The lowest BCUT2D eigenvalue weighted by atomic mass is 9.86. The Balaban J connectivity index is 2.00. The molecule has 4 nitrogen and oxygen atoms in total. The number of fused-ring (bicyclic) bond motifs is 1. The molecule has 116 valence electrons. The van der Waals surface area contributed by atoms with Crippen LogP contribution in [0.5, 0.6) is 0 Å². The summed E-state index contributed by atoms with van der Waals surface area (Å²) < 4.78 is 5.16. The van der Waals surface area contributed by atoms with Crippen LogP contribution in [0.15, 0.2) is 67.3 Å². The predicted molar refractivity (Wildman–Crippen MR) is 88.8 cm³/mol. The first-order chi connectivity index (χ1) is 11.2. The Morgan fingerprint density at radius 3 is 2.61 bits per heavy atom. The van der Waals surface area contributed by atoms with Crippen molar-refractivity contribution in [3.63, 3.8) is 0 Å². The summed E-state index contributed by atoms with van der Waals surface area (Å²) in [6.07, 6.45) is 1.05. The van der Waals surface area contributed by atoms with E-state index in [1.807, 2.05) is 36.4 Å². The van der Waals surface area contributed by atoms with Crippen molar-refractivity contribution in [2.24, 2.45) is 0 Å². The van der Waals surface area contributed by atoms with Gasteiger partial charge in [-0.2, -0.15) is 0 Å². The monoisotopic (exact) mass is 307 g/mol. The molecule has 0 N–H and O–H groups in total. The van der Waals surface area contributed by atoms with Crippen molar-refractivity contribution < 1.29 is 14.3 Å². The molecule has 1 unspecified atom stereocenters. The summed E-state index contributed by atoms with van der Waals surface area (Å²) in [5.41, 5.74) is 2.04. The van der Waals surface area contributed by atoms with Gasteiger partial charge in [0.15, 0.2) is 5.78 Å². The zero-order valence-corrected chi connectivity index (χ0v) is 12.6. The summed E-state index contributed by atoms with van der Waals surface area (Å²) >= 11 is 0. The molecule has 0 fully saturated rings. The van der Waals surface area contributed by atoms with E-state index in [2.05, 4.69) is 6.58 Å². The third-order valence-corrected chi connectivity index (χ3v) is 3.89. The van der Waals surface area contributed by atoms with Gasteiger partial charge in [0, 0.05) is 12.1 Å². The average Bonchev–Trinajstić information content (AvgIpc) is 2.61. The van der Waals surface area contributed by atoms with Gasteiger partial charge in [-0.15, -0.1) is 0 Å². The van der Waals surface area contributed by atoms with Gasteiger partial charge in [-0.3, -0.25) is 9.69 Å². The Kier molecular flexibility index (Phi) is 4.24. The fourth-order valence-electron chi connectivity index (χ4n) is 2.79. The number of hydrogen-bond acceptors (Lipinski definition) is 3. The minimum Gasteiger partial charge on any atom is -0.445 e. The van der Waals surface area contributed by atoms with Gasteiger partial charge in [0.25, 0.3) is 0 Å². The quantitative estimate of drug-likeness (QED) is 0.810. The van der Waals surface area contributed by atoms with Crippen LogP contribution in [0.4, 0.5) is 10.5 Å². The first kappa shape index (κ1) is 15.0. The summed E-state index contributed by atoms with van der Waals surface area (Å²) in [5, 5.41) is 0. The van der Waals surface area contributed by atoms with Gasteiger partial charge in [-0.1, -0.05) is 55.1 Å². The molecule has 0 aliphatic carbocycles. The summed E-state index contributed by atoms with van der Waals surface area (Å²) in [6.45, 7) is 3.96. The van der Waals surface area contributed by atoms with Crippen LogP contribution in [-0.4, -0.2) is 25.0 Å². The number of carbonyl (C=O) groups is 2. The molecule has 3 rings (SSSR count). The Labute approximate surface area is 135 Å². The fourth-order valence-corrected chi connectivity index (χ4v) is 2.79. The van der Waals surface area contributed by atoms with Crippen molar-refractivity contribution in [2.45, 2.75) is 5.92 Å². The number of rotatable bonds is 3. The molecule has 2 aromatic carbocycles. The van der Waals surface area contributed by atoms with E-state index in [1.54, 1.807) is 18.2 Å². The molecular formula is C19H17NO3. The number of nitrogens with zero attached hydrogens (tertiary/aromatic N) is 1. The summed E-state index contributed by atoms with van der Waals surface area (Å²) in [6, 6.07) is 16.6. The maximum absolute atomic E-state index is 12.8. The van der Waals surface area contributed by atoms with E-state index in [-0.39, 0.29) is 24.9 Å². The zero-order valence-electron chi connectivity index (χ0n) is 12.6. The second kappa shape index (κ2) is 6.48. The van der Waals surface area contributed by atoms with Gasteiger partial charge in [0.05, 0.1) is 11.6 Å². The molecule has 0 spiro atoms. The van der Waals surface area contributed by atoms with E-state index >= 15 is 0 Å². The Morgan fingerprint density at radius 2 is 1.87 bits per heavy atom. The van der Waals surface area contributed by atoms with E-state index in [0.717, 1.165) is 5.56 Å². The number of para-hydroxylation sites is 1. The molecule has 1 amide bonds. The van der Waals surface area contributed by atoms with Crippen LogP contribution in [0.2, 0.25) is 0 Å². The van der Waals surface area contributed by atoms with Crippen molar-refractivity contribution in [3.05, 3.63) is 78.4 Å². The maximum atomic E-state index is 12.8. The number of benzene rings is 2. The number of amides is 1. The third-order valence-electron chi connectivity index (χ3n) is 3.89. The van der Waals surface area contributed by atoms with Gasteiger partial charge >= 0.3 is 6.09 Å². The van der Waals surface area contributed by atoms with E-state index in [4.69, 9.17) is 4.74 Å². The van der Waals surface area contributed by atoms with Crippen molar-refractivity contribution in [1.82, 2.24) is 0 Å². The van der Waals surface area contributed by atoms with Gasteiger partial charge in [0.1, 0.15) is 6.61 Å². The number of anilines is 1. The van der Waals surface area contributed by atoms with E-state index in [9.17, 15) is 9.59 Å². The molecule has 1 heterocycles. The lowest BCUT2D eigenvalue weighted by Gasteiger charge is -2.33. The molecule has 1 aliphatic heterocycles. The number of ether oxygens (including phenoxy) is 1. The van der Waals surface area contributed by atoms with Crippen molar-refractivity contribution in [1.29, 1.82) is 0 Å². The van der Waals surface area contributed by atoms with Gasteiger partial charge in [-0.25, -0.2) is 4.79 Å². The molecule has 0 aromatic heterocycles. The summed E-state index contributed by atoms with van der Waals surface area (Å²) in [5.74, 6) is -0.359. The van der Waals surface area contributed by atoms with Crippen molar-refractivity contribution in [2.75, 3.05) is 18.1 Å². The lowest BCUT2D eigenvalue weighted by molar-refractivity contribution is 0.0954. The molecule has 4 heteroatoms. The van der Waals surface area contributed by atoms with Crippen LogP contribution >= 0.6 is 0 Å². The molecule has 23 heavy (non-hydrogen) atoms. The Bertz CT molecular complexity index is 739. The number of ketones is 1. The summed E-state index contributed by atoms with van der Waals surface area (Å²) in [7, 11) is 0. The van der Waals surface area contributed by atoms with E-state index < -0.39 is 6.09 Å². The number of Topliss-reactive ketones (excluding diaryl/α,β-unsaturated/α-hetero) is 1. The highest BCUT2D eigenvalue weighted by Gasteiger charge is 2.35. The predicted octanol–water partition coefficient (Wildman–Crippen LogP) is 3.80. The summed E-state index contributed by atoms with van der Waals surface area (Å²) in [4.78, 5) is 26.7. The van der Waals surface area contributed by atoms with Crippen LogP contribution < -0.4 is 4.90 Å². The van der Waals surface area contributed by atoms with Crippen LogP contribution in [-0.2, 0) is 4.74 Å². The second-order valence-electron chi connectivity index (χ2n) is 5.32. The topological polar surface area (TPSA) is 46.6 Å². The zero-order chi connectivity index (χ0) is 16.2. The fraction of sp³-hybridized carbons (Fsp3) is 0.158. The minimum atomic E-state index is -0.467. The Morgan fingerprint density at radius 1 is 1.17 bits per heavy atom. The normalized spacial score (nSPS) is 16.6. The van der Waals surface area contributed by atoms with Crippen LogP contribution in [0.25, 0.3) is 0 Å². The molecule has 0 saturated heterocycles. The highest BCUT2D eigenvalue weighted by atomic mass is 16.6. The van der Waals surface area contributed by atoms with E-state index in [0.29, 0.717) is 11.3 Å². The highest BCUT2D eigenvalue weighted by Crippen LogP contribution is 2.34. The van der Waals surface area contributed by atoms with Crippen molar-refractivity contribution in [3.8, 4) is 0 Å². The SMILES string of the molecule is C=CCOC(=O)N1CC(c2ccccc2)C(=O)c2ccccc21. The van der Waals surface area contributed by atoms with E-state index in [1.165, 1.54) is 11.0 Å². The third kappa shape index (κ3) is 2.88. The first-order valence-electron chi connectivity index (χ1n) is 7.45. The lowest BCUT2D eigenvalue weighted by Crippen LogP contribution is -2.42. The van der Waals surface area contributed by atoms with Crippen molar-refractivity contribution >= 4 is 17.6 Å². The molecular weight excluding hydrogens is 290 g/mol. The molecule has 0 saturated carbocycles. The van der Waals surface area contributed by atoms with Crippen LogP contribution in [0.1, 0.15) is 21.8 Å². The van der Waals surface area contributed by atoms with Gasteiger partial charge in [-0.05, 0) is 17.7 Å². The van der Waals surface area contributed by atoms with Gasteiger partial charge < -0.3 is 4.74 Å². The average molecular weight is 307 g/mol. The molecule has 0 radical (unpaired) electrons. The molecule has 1 aliphatic rings. The molecule has 0 bridgehead atoms. The first-order valence-corrected chi connectivity index (χ1v) is 7.45. The minimum absolute atomic E-state index is 0.0274. The standard InChI is InChI=1S/C19H17NO3/c1-2-12-23-19(22)20-13-16(14-8-4-3-5-9-14)18(21)15-10-6-7-11-17(15)20/h2-11,16H,1,12-13H2. The smallest absolute Gasteiger partial charge is 0.414 e. The molecule has 1 atom stereocenters. The number of carbonyl (C=O) groups excluding carboxylic acids is 2. The highest BCUT2D eigenvalue weighted by molar-refractivity contribution is 6.11. The van der Waals surface area contributed by atoms with Crippen LogP contribution in [0, 0.1) is 0 Å². The second-order valence-corrected chi connectivity index (χ2v) is 5.32.